The summed E-state index contributed by atoms with van der Waals surface area (Å²) in [5.74, 6) is -2.61. The van der Waals surface area contributed by atoms with Crippen LogP contribution >= 0.6 is 0 Å². The van der Waals surface area contributed by atoms with E-state index in [4.69, 9.17) is 9.84 Å². The van der Waals surface area contributed by atoms with Gasteiger partial charge < -0.3 is 20.1 Å². The van der Waals surface area contributed by atoms with Crippen LogP contribution in [-0.4, -0.2) is 36.0 Å². The minimum absolute atomic E-state index is 0.0240. The number of nitrogens with one attached hydrogen (secondary N) is 1. The number of ether oxygens (including phenoxy) is 1. The van der Waals surface area contributed by atoms with Gasteiger partial charge in [0.05, 0.1) is 11.6 Å². The van der Waals surface area contributed by atoms with E-state index in [9.17, 15) is 18.8 Å². The third kappa shape index (κ3) is 4.41. The lowest BCUT2D eigenvalue weighted by Gasteiger charge is -2.16. The van der Waals surface area contributed by atoms with Crippen LogP contribution in [0.15, 0.2) is 48.5 Å². The maximum Gasteiger partial charge on any atom is 0.308 e. The third-order valence-corrected chi connectivity index (χ3v) is 4.14. The first-order valence-corrected chi connectivity index (χ1v) is 8.24. The highest BCUT2D eigenvalue weighted by Crippen LogP contribution is 2.27. The van der Waals surface area contributed by atoms with Crippen LogP contribution in [0.3, 0.4) is 0 Å². The van der Waals surface area contributed by atoms with Gasteiger partial charge in [0.15, 0.2) is 6.61 Å². The Morgan fingerprint density at radius 2 is 1.89 bits per heavy atom. The van der Waals surface area contributed by atoms with Crippen molar-refractivity contribution in [2.24, 2.45) is 5.92 Å². The number of rotatable bonds is 6. The molecule has 2 N–H and O–H groups in total. The lowest BCUT2D eigenvalue weighted by molar-refractivity contribution is -0.141. The Balaban J connectivity index is 1.55. The average molecular weight is 372 g/mol. The van der Waals surface area contributed by atoms with Gasteiger partial charge in [0.2, 0.25) is 5.91 Å². The van der Waals surface area contributed by atoms with Crippen molar-refractivity contribution in [1.29, 1.82) is 0 Å². The van der Waals surface area contributed by atoms with Gasteiger partial charge in [-0.15, -0.1) is 0 Å². The number of aliphatic carboxylic acids is 1. The SMILES string of the molecule is O=C(COc1ccc(N2C[C@@H](C(=O)O)CC2=O)cc1)Nc1ccccc1F. The molecule has 0 bridgehead atoms. The summed E-state index contributed by atoms with van der Waals surface area (Å²) in [5.41, 5.74) is 0.633. The van der Waals surface area contributed by atoms with E-state index in [0.717, 1.165) is 0 Å². The molecule has 0 radical (unpaired) electrons. The maximum atomic E-state index is 13.5. The van der Waals surface area contributed by atoms with Gasteiger partial charge in [0.25, 0.3) is 5.91 Å². The molecule has 7 nitrogen and oxygen atoms in total. The zero-order valence-corrected chi connectivity index (χ0v) is 14.2. The molecule has 0 spiro atoms. The van der Waals surface area contributed by atoms with Gasteiger partial charge in [-0.05, 0) is 36.4 Å². The van der Waals surface area contributed by atoms with Crippen LogP contribution in [0.4, 0.5) is 15.8 Å². The fourth-order valence-corrected chi connectivity index (χ4v) is 2.74. The first kappa shape index (κ1) is 18.4. The molecule has 0 unspecified atom stereocenters. The van der Waals surface area contributed by atoms with Gasteiger partial charge in [0.1, 0.15) is 11.6 Å². The number of carbonyl (C=O) groups excluding carboxylic acids is 2. The van der Waals surface area contributed by atoms with E-state index in [1.54, 1.807) is 30.3 Å². The molecule has 2 amide bonds. The van der Waals surface area contributed by atoms with Crippen LogP contribution in [0.25, 0.3) is 0 Å². The summed E-state index contributed by atoms with van der Waals surface area (Å²) in [7, 11) is 0. The van der Waals surface area contributed by atoms with E-state index in [-0.39, 0.29) is 31.2 Å². The predicted octanol–water partition coefficient (Wildman–Crippen LogP) is 2.28. The molecule has 27 heavy (non-hydrogen) atoms. The Labute approximate surface area is 154 Å². The highest BCUT2D eigenvalue weighted by atomic mass is 19.1. The van der Waals surface area contributed by atoms with Crippen molar-refractivity contribution in [3.63, 3.8) is 0 Å². The Morgan fingerprint density at radius 3 is 2.52 bits per heavy atom. The normalized spacial score (nSPS) is 16.3. The number of halogens is 1. The lowest BCUT2D eigenvalue weighted by atomic mass is 10.1. The van der Waals surface area contributed by atoms with Crippen LogP contribution in [0, 0.1) is 11.7 Å². The smallest absolute Gasteiger partial charge is 0.308 e. The summed E-state index contributed by atoms with van der Waals surface area (Å²) in [6.45, 7) is -0.184. The Kier molecular flexibility index (Phi) is 5.35. The molecule has 2 aromatic rings. The summed E-state index contributed by atoms with van der Waals surface area (Å²) < 4.78 is 18.8. The van der Waals surface area contributed by atoms with Crippen molar-refractivity contribution in [2.75, 3.05) is 23.4 Å². The van der Waals surface area contributed by atoms with Gasteiger partial charge in [-0.2, -0.15) is 0 Å². The highest BCUT2D eigenvalue weighted by molar-refractivity contribution is 5.99. The van der Waals surface area contributed by atoms with E-state index < -0.39 is 23.6 Å². The second-order valence-electron chi connectivity index (χ2n) is 6.05. The molecule has 140 valence electrons. The number of carbonyl (C=O) groups is 3. The molecule has 0 aliphatic carbocycles. The molecule has 0 aromatic heterocycles. The number of benzene rings is 2. The molecule has 1 heterocycles. The van der Waals surface area contributed by atoms with E-state index in [1.807, 2.05) is 0 Å². The number of para-hydroxylation sites is 1. The monoisotopic (exact) mass is 372 g/mol. The van der Waals surface area contributed by atoms with Crippen LogP contribution in [0.1, 0.15) is 6.42 Å². The van der Waals surface area contributed by atoms with Gasteiger partial charge in [-0.3, -0.25) is 14.4 Å². The number of carboxylic acid groups (broad SMARTS) is 1. The third-order valence-electron chi connectivity index (χ3n) is 4.14. The number of carboxylic acids is 1. The quantitative estimate of drug-likeness (QED) is 0.811. The molecular weight excluding hydrogens is 355 g/mol. The predicted molar refractivity (Wildman–Crippen MR) is 95.1 cm³/mol. The number of hydrogen-bond donors (Lipinski definition) is 2. The molecule has 1 atom stereocenters. The molecular formula is C19H17FN2O5. The summed E-state index contributed by atoms with van der Waals surface area (Å²) in [6, 6.07) is 12.2. The van der Waals surface area contributed by atoms with Crippen molar-refractivity contribution in [1.82, 2.24) is 0 Å². The molecule has 1 aliphatic heterocycles. The minimum atomic E-state index is -0.994. The van der Waals surface area contributed by atoms with Gasteiger partial charge in [0, 0.05) is 18.7 Å². The lowest BCUT2D eigenvalue weighted by Crippen LogP contribution is -2.25. The first-order valence-electron chi connectivity index (χ1n) is 8.24. The Bertz CT molecular complexity index is 869. The summed E-state index contributed by atoms with van der Waals surface area (Å²) in [6.07, 6.45) is -0.0240. The summed E-state index contributed by atoms with van der Waals surface area (Å²) in [5, 5.41) is 11.4. The zero-order valence-electron chi connectivity index (χ0n) is 14.2. The Morgan fingerprint density at radius 1 is 1.19 bits per heavy atom. The minimum Gasteiger partial charge on any atom is -0.484 e. The fourth-order valence-electron chi connectivity index (χ4n) is 2.74. The number of amides is 2. The van der Waals surface area contributed by atoms with Crippen molar-refractivity contribution >= 4 is 29.2 Å². The van der Waals surface area contributed by atoms with Gasteiger partial charge in [-0.25, -0.2) is 4.39 Å². The molecule has 3 rings (SSSR count). The largest absolute Gasteiger partial charge is 0.484 e. The van der Waals surface area contributed by atoms with E-state index in [1.165, 1.54) is 23.1 Å². The number of anilines is 2. The number of hydrogen-bond acceptors (Lipinski definition) is 4. The van der Waals surface area contributed by atoms with E-state index in [2.05, 4.69) is 5.32 Å². The summed E-state index contributed by atoms with van der Waals surface area (Å²) in [4.78, 5) is 36.2. The molecule has 2 aromatic carbocycles. The second-order valence-corrected chi connectivity index (χ2v) is 6.05. The molecule has 0 saturated carbocycles. The van der Waals surface area contributed by atoms with Crippen molar-refractivity contribution in [3.8, 4) is 5.75 Å². The Hall–Kier alpha value is -3.42. The van der Waals surface area contributed by atoms with Crippen LogP contribution < -0.4 is 15.0 Å². The zero-order chi connectivity index (χ0) is 19.4. The summed E-state index contributed by atoms with van der Waals surface area (Å²) >= 11 is 0. The second kappa shape index (κ2) is 7.86. The van der Waals surface area contributed by atoms with Gasteiger partial charge >= 0.3 is 5.97 Å². The fraction of sp³-hybridized carbons (Fsp3) is 0.211. The van der Waals surface area contributed by atoms with Crippen molar-refractivity contribution in [2.45, 2.75) is 6.42 Å². The van der Waals surface area contributed by atoms with Crippen LogP contribution in [0.2, 0.25) is 0 Å². The first-order chi connectivity index (χ1) is 12.9. The van der Waals surface area contributed by atoms with Gasteiger partial charge in [-0.1, -0.05) is 12.1 Å². The molecule has 1 fully saturated rings. The van der Waals surface area contributed by atoms with E-state index in [0.29, 0.717) is 11.4 Å². The number of nitrogens with zero attached hydrogens (tertiary/aromatic N) is 1. The highest BCUT2D eigenvalue weighted by Gasteiger charge is 2.34. The topological polar surface area (TPSA) is 95.9 Å². The molecule has 8 heteroatoms. The standard InChI is InChI=1S/C19H17FN2O5/c20-15-3-1-2-4-16(15)21-17(23)11-27-14-7-5-13(6-8-14)22-10-12(19(25)26)9-18(22)24/h1-8,12H,9-11H2,(H,21,23)(H,25,26)/t12-/m0/s1. The van der Waals surface area contributed by atoms with E-state index >= 15 is 0 Å². The maximum absolute atomic E-state index is 13.5. The van der Waals surface area contributed by atoms with Crippen LogP contribution in [-0.2, 0) is 14.4 Å². The van der Waals surface area contributed by atoms with Crippen LogP contribution in [0.5, 0.6) is 5.75 Å². The molecule has 1 aliphatic rings. The average Bonchev–Trinajstić information content (AvgIpc) is 3.04. The van der Waals surface area contributed by atoms with Crippen molar-refractivity contribution in [3.05, 3.63) is 54.3 Å². The van der Waals surface area contributed by atoms with Crippen molar-refractivity contribution < 1.29 is 28.6 Å². The molecule has 1 saturated heterocycles.